The Bertz CT molecular complexity index is 3410. The van der Waals surface area contributed by atoms with Crippen molar-refractivity contribution in [2.75, 3.05) is 0 Å². The van der Waals surface area contributed by atoms with Crippen LogP contribution in [0.2, 0.25) is 0 Å². The van der Waals surface area contributed by atoms with Crippen LogP contribution in [0.5, 0.6) is 0 Å². The molecule has 0 fully saturated rings. The third kappa shape index (κ3) is 5.22. The van der Waals surface area contributed by atoms with Crippen LogP contribution in [0.3, 0.4) is 0 Å². The smallest absolute Gasteiger partial charge is 0.164 e. The molecule has 0 bridgehead atoms. The molecule has 4 heterocycles. The highest BCUT2D eigenvalue weighted by Crippen LogP contribution is 2.43. The van der Waals surface area contributed by atoms with Gasteiger partial charge in [-0.25, -0.2) is 15.0 Å². The number of para-hydroxylation sites is 2. The van der Waals surface area contributed by atoms with Gasteiger partial charge in [-0.3, -0.25) is 0 Å². The van der Waals surface area contributed by atoms with Crippen molar-refractivity contribution in [2.45, 2.75) is 0 Å². The topological polar surface area (TPSA) is 43.6 Å². The van der Waals surface area contributed by atoms with Crippen LogP contribution in [0.25, 0.3) is 113 Å². The molecule has 6 heteroatoms. The van der Waals surface area contributed by atoms with Crippen molar-refractivity contribution in [3.8, 4) is 51.0 Å². The first-order chi connectivity index (χ1) is 28.2. The second-order valence-electron chi connectivity index (χ2n) is 14.4. The summed E-state index contributed by atoms with van der Waals surface area (Å²) in [6.07, 6.45) is 0. The molecule has 266 valence electrons. The maximum atomic E-state index is 4.99. The fraction of sp³-hybridized carbons (Fsp3) is 0. The molecule has 0 radical (unpaired) electrons. The SMILES string of the molecule is c1ccc(-c2nc(-c3ccccc3)nc(-c3ccc4sc5cc(-c6ccc7sc8c(-n9c%10ccccc%10c%10ccccc%109)cccc8c7c6)ccc5c4c3)n2)cc1. The van der Waals surface area contributed by atoms with Crippen LogP contribution in [0.15, 0.2) is 182 Å². The lowest BCUT2D eigenvalue weighted by Gasteiger charge is -2.09. The molecule has 12 rings (SSSR count). The van der Waals surface area contributed by atoms with Crippen LogP contribution < -0.4 is 0 Å². The number of aromatic nitrogens is 4. The van der Waals surface area contributed by atoms with Crippen molar-refractivity contribution in [3.63, 3.8) is 0 Å². The van der Waals surface area contributed by atoms with Crippen LogP contribution >= 0.6 is 22.7 Å². The Balaban J connectivity index is 0.950. The number of rotatable bonds is 5. The lowest BCUT2D eigenvalue weighted by atomic mass is 10.0. The van der Waals surface area contributed by atoms with E-state index in [0.717, 1.165) is 16.7 Å². The average molecular weight is 763 g/mol. The van der Waals surface area contributed by atoms with E-state index in [4.69, 9.17) is 15.0 Å². The first-order valence-corrected chi connectivity index (χ1v) is 20.6. The van der Waals surface area contributed by atoms with Gasteiger partial charge in [0.2, 0.25) is 0 Å². The summed E-state index contributed by atoms with van der Waals surface area (Å²) in [5.74, 6) is 1.99. The predicted octanol–water partition coefficient (Wildman–Crippen LogP) is 14.4. The van der Waals surface area contributed by atoms with E-state index >= 15 is 0 Å². The number of thiophene rings is 2. The van der Waals surface area contributed by atoms with Crippen LogP contribution in [-0.4, -0.2) is 19.5 Å². The van der Waals surface area contributed by atoms with E-state index in [1.54, 1.807) is 0 Å². The lowest BCUT2D eigenvalue weighted by Crippen LogP contribution is -2.00. The Labute approximate surface area is 335 Å². The average Bonchev–Trinajstić information content (AvgIpc) is 3.95. The van der Waals surface area contributed by atoms with E-state index in [0.29, 0.717) is 17.5 Å². The summed E-state index contributed by atoms with van der Waals surface area (Å²) in [6.45, 7) is 0. The van der Waals surface area contributed by atoms with E-state index in [1.165, 1.54) is 79.0 Å². The van der Waals surface area contributed by atoms with Crippen LogP contribution in [-0.2, 0) is 0 Å². The molecule has 4 aromatic heterocycles. The molecule has 0 aliphatic carbocycles. The quantitative estimate of drug-likeness (QED) is 0.175. The highest BCUT2D eigenvalue weighted by atomic mass is 32.1. The van der Waals surface area contributed by atoms with Crippen molar-refractivity contribution in [1.29, 1.82) is 0 Å². The molecular weight excluding hydrogens is 733 g/mol. The Morgan fingerprint density at radius 3 is 1.51 bits per heavy atom. The maximum Gasteiger partial charge on any atom is 0.164 e. The minimum atomic E-state index is 0.665. The highest BCUT2D eigenvalue weighted by molar-refractivity contribution is 7.26. The fourth-order valence-corrected chi connectivity index (χ4v) is 10.7. The lowest BCUT2D eigenvalue weighted by molar-refractivity contribution is 1.07. The molecule has 0 saturated heterocycles. The number of benzene rings is 8. The highest BCUT2D eigenvalue weighted by Gasteiger charge is 2.18. The summed E-state index contributed by atoms with van der Waals surface area (Å²) in [6, 6.07) is 65.0. The second-order valence-corrected chi connectivity index (χ2v) is 16.5. The number of nitrogens with zero attached hydrogens (tertiary/aromatic N) is 4. The first-order valence-electron chi connectivity index (χ1n) is 19.0. The third-order valence-electron chi connectivity index (χ3n) is 11.1. The minimum Gasteiger partial charge on any atom is -0.308 e. The standard InChI is InChI=1S/C51H30N4S2/c1-3-12-31(13-4-1)49-52-50(32-14-5-2-6-15-32)54-51(53-49)35-24-27-45-40(29-35)38-25-22-34(30-47(38)56-45)33-23-26-46-41(28-33)39-18-11-21-44(48(39)57-46)55-42-19-9-7-16-36(42)37-17-8-10-20-43(37)55/h1-30H. The molecular formula is C51H30N4S2. The van der Waals surface area contributed by atoms with E-state index in [1.807, 2.05) is 83.3 Å². The predicted molar refractivity (Wildman–Crippen MR) is 242 cm³/mol. The first kappa shape index (κ1) is 32.3. The largest absolute Gasteiger partial charge is 0.308 e. The van der Waals surface area contributed by atoms with Crippen molar-refractivity contribution >= 4 is 84.8 Å². The van der Waals surface area contributed by atoms with E-state index in [-0.39, 0.29) is 0 Å². The monoisotopic (exact) mass is 762 g/mol. The molecule has 4 nitrogen and oxygen atoms in total. The normalized spacial score (nSPS) is 11.9. The number of fused-ring (bicyclic) bond motifs is 9. The molecule has 0 aliphatic rings. The Kier molecular flexibility index (Phi) is 7.24. The van der Waals surface area contributed by atoms with Gasteiger partial charge in [0, 0.05) is 63.1 Å². The Morgan fingerprint density at radius 1 is 0.316 bits per heavy atom. The second kappa shape index (κ2) is 12.8. The summed E-state index contributed by atoms with van der Waals surface area (Å²) in [7, 11) is 0. The van der Waals surface area contributed by atoms with Gasteiger partial charge in [-0.1, -0.05) is 127 Å². The zero-order valence-corrected chi connectivity index (χ0v) is 32.1. The molecule has 12 aromatic rings. The summed E-state index contributed by atoms with van der Waals surface area (Å²) in [5.41, 5.74) is 9.02. The van der Waals surface area contributed by atoms with Crippen LogP contribution in [0.4, 0.5) is 0 Å². The van der Waals surface area contributed by atoms with Crippen molar-refractivity contribution in [3.05, 3.63) is 182 Å². The molecule has 0 amide bonds. The van der Waals surface area contributed by atoms with E-state index in [2.05, 4.69) is 126 Å². The van der Waals surface area contributed by atoms with Gasteiger partial charge >= 0.3 is 0 Å². The minimum absolute atomic E-state index is 0.665. The van der Waals surface area contributed by atoms with Crippen molar-refractivity contribution < 1.29 is 0 Å². The zero-order chi connectivity index (χ0) is 37.5. The van der Waals surface area contributed by atoms with Crippen LogP contribution in [0, 0.1) is 0 Å². The molecule has 57 heavy (non-hydrogen) atoms. The Morgan fingerprint density at radius 2 is 0.825 bits per heavy atom. The van der Waals surface area contributed by atoms with Crippen LogP contribution in [0.1, 0.15) is 0 Å². The number of hydrogen-bond acceptors (Lipinski definition) is 5. The molecule has 0 spiro atoms. The molecule has 0 unspecified atom stereocenters. The number of hydrogen-bond donors (Lipinski definition) is 0. The summed E-state index contributed by atoms with van der Waals surface area (Å²) in [4.78, 5) is 14.9. The molecule has 0 saturated carbocycles. The molecule has 0 N–H and O–H groups in total. The molecule has 0 atom stereocenters. The summed E-state index contributed by atoms with van der Waals surface area (Å²) < 4.78 is 7.53. The third-order valence-corrected chi connectivity index (χ3v) is 13.4. The van der Waals surface area contributed by atoms with Gasteiger partial charge in [-0.15, -0.1) is 22.7 Å². The van der Waals surface area contributed by atoms with E-state index < -0.39 is 0 Å². The van der Waals surface area contributed by atoms with Gasteiger partial charge in [0.25, 0.3) is 0 Å². The van der Waals surface area contributed by atoms with Gasteiger partial charge < -0.3 is 4.57 Å². The van der Waals surface area contributed by atoms with E-state index in [9.17, 15) is 0 Å². The fourth-order valence-electron chi connectivity index (χ4n) is 8.35. The van der Waals surface area contributed by atoms with Gasteiger partial charge in [-0.2, -0.15) is 0 Å². The zero-order valence-electron chi connectivity index (χ0n) is 30.4. The van der Waals surface area contributed by atoms with Gasteiger partial charge in [-0.05, 0) is 65.7 Å². The van der Waals surface area contributed by atoms with Crippen molar-refractivity contribution in [1.82, 2.24) is 19.5 Å². The Hall–Kier alpha value is -6.99. The summed E-state index contributed by atoms with van der Waals surface area (Å²) >= 11 is 3.71. The maximum absolute atomic E-state index is 4.99. The molecule has 8 aromatic carbocycles. The summed E-state index contributed by atoms with van der Waals surface area (Å²) in [5, 5.41) is 7.58. The van der Waals surface area contributed by atoms with Gasteiger partial charge in [0.05, 0.1) is 21.4 Å². The van der Waals surface area contributed by atoms with Crippen molar-refractivity contribution in [2.24, 2.45) is 0 Å². The molecule has 0 aliphatic heterocycles. The van der Waals surface area contributed by atoms with Gasteiger partial charge in [0.15, 0.2) is 17.5 Å². The van der Waals surface area contributed by atoms with Gasteiger partial charge in [0.1, 0.15) is 0 Å².